The molecule has 0 aromatic heterocycles. The molecule has 1 aliphatic heterocycles. The second-order valence-electron chi connectivity index (χ2n) is 5.29. The van der Waals surface area contributed by atoms with Gasteiger partial charge in [0, 0.05) is 46.8 Å². The molecule has 1 aliphatic rings. The van der Waals surface area contributed by atoms with E-state index in [-0.39, 0.29) is 5.54 Å². The van der Waals surface area contributed by atoms with Crippen LogP contribution >= 0.6 is 27.7 Å². The van der Waals surface area contributed by atoms with E-state index < -0.39 is 0 Å². The van der Waals surface area contributed by atoms with Gasteiger partial charge < -0.3 is 5.32 Å². The lowest BCUT2D eigenvalue weighted by atomic mass is 10.1. The maximum atomic E-state index is 3.47. The van der Waals surface area contributed by atoms with Gasteiger partial charge in [0.2, 0.25) is 0 Å². The van der Waals surface area contributed by atoms with E-state index in [9.17, 15) is 0 Å². The van der Waals surface area contributed by atoms with Crippen LogP contribution in [0, 0.1) is 0 Å². The van der Waals surface area contributed by atoms with Gasteiger partial charge in [0.05, 0.1) is 0 Å². The molecule has 2 rings (SSSR count). The maximum Gasteiger partial charge on any atom is 0.0248 e. The zero-order valence-corrected chi connectivity index (χ0v) is 13.5. The average molecular weight is 329 g/mol. The first-order valence-corrected chi connectivity index (χ1v) is 8.20. The monoisotopic (exact) mass is 328 g/mol. The van der Waals surface area contributed by atoms with Crippen LogP contribution in [-0.4, -0.2) is 42.4 Å². The van der Waals surface area contributed by atoms with Gasteiger partial charge in [-0.3, -0.25) is 4.90 Å². The number of piperazine rings is 1. The largest absolute Gasteiger partial charge is 0.314 e. The summed E-state index contributed by atoms with van der Waals surface area (Å²) in [5.74, 6) is 1.13. The molecule has 1 fully saturated rings. The predicted molar refractivity (Wildman–Crippen MR) is 83.4 cm³/mol. The fourth-order valence-electron chi connectivity index (χ4n) is 2.15. The Balaban J connectivity index is 1.89. The molecule has 0 radical (unpaired) electrons. The van der Waals surface area contributed by atoms with Crippen LogP contribution in [0.15, 0.2) is 33.6 Å². The standard InChI is InChI=1S/C14H21BrN2S/c1-14(2,17-9-7-16-8-10-17)11-18-13-5-3-12(15)4-6-13/h3-6,16H,7-11H2,1-2H3. The van der Waals surface area contributed by atoms with Gasteiger partial charge in [-0.15, -0.1) is 11.8 Å². The van der Waals surface area contributed by atoms with E-state index in [0.717, 1.165) is 36.4 Å². The Hall–Kier alpha value is -0.0300. The van der Waals surface area contributed by atoms with Crippen LogP contribution in [-0.2, 0) is 0 Å². The summed E-state index contributed by atoms with van der Waals surface area (Å²) in [7, 11) is 0. The normalized spacial score (nSPS) is 17.9. The van der Waals surface area contributed by atoms with Crippen LogP contribution in [0.25, 0.3) is 0 Å². The van der Waals surface area contributed by atoms with Crippen molar-refractivity contribution in [3.05, 3.63) is 28.7 Å². The molecule has 1 aromatic carbocycles. The van der Waals surface area contributed by atoms with Crippen molar-refractivity contribution in [1.82, 2.24) is 10.2 Å². The number of benzene rings is 1. The highest BCUT2D eigenvalue weighted by Gasteiger charge is 2.27. The summed E-state index contributed by atoms with van der Waals surface area (Å²) in [5.41, 5.74) is 0.264. The van der Waals surface area contributed by atoms with Crippen LogP contribution in [0.4, 0.5) is 0 Å². The van der Waals surface area contributed by atoms with E-state index in [1.54, 1.807) is 0 Å². The zero-order valence-electron chi connectivity index (χ0n) is 11.1. The van der Waals surface area contributed by atoms with Gasteiger partial charge in [0.1, 0.15) is 0 Å². The summed E-state index contributed by atoms with van der Waals surface area (Å²) in [6.45, 7) is 9.26. The molecule has 0 unspecified atom stereocenters. The Labute approximate surface area is 123 Å². The van der Waals surface area contributed by atoms with Gasteiger partial charge in [-0.1, -0.05) is 15.9 Å². The molecular weight excluding hydrogens is 308 g/mol. The fraction of sp³-hybridized carbons (Fsp3) is 0.571. The van der Waals surface area contributed by atoms with Gasteiger partial charge in [-0.05, 0) is 38.1 Å². The summed E-state index contributed by atoms with van der Waals surface area (Å²) in [6.07, 6.45) is 0. The van der Waals surface area contributed by atoms with E-state index in [4.69, 9.17) is 0 Å². The minimum atomic E-state index is 0.264. The van der Waals surface area contributed by atoms with Crippen molar-refractivity contribution in [2.75, 3.05) is 31.9 Å². The molecule has 0 aliphatic carbocycles. The van der Waals surface area contributed by atoms with Gasteiger partial charge >= 0.3 is 0 Å². The molecule has 1 heterocycles. The maximum absolute atomic E-state index is 3.47. The molecule has 0 bridgehead atoms. The number of nitrogens with one attached hydrogen (secondary N) is 1. The molecule has 100 valence electrons. The second kappa shape index (κ2) is 6.42. The fourth-order valence-corrected chi connectivity index (χ4v) is 3.45. The first-order chi connectivity index (χ1) is 8.58. The molecule has 1 aromatic rings. The van der Waals surface area contributed by atoms with Crippen LogP contribution < -0.4 is 5.32 Å². The molecule has 4 heteroatoms. The summed E-state index contributed by atoms with van der Waals surface area (Å²) >= 11 is 5.42. The molecular formula is C14H21BrN2S. The third-order valence-corrected chi connectivity index (χ3v) is 5.36. The van der Waals surface area contributed by atoms with Gasteiger partial charge in [-0.2, -0.15) is 0 Å². The number of thioether (sulfide) groups is 1. The predicted octanol–water partition coefficient (Wildman–Crippen LogP) is 3.23. The Bertz CT molecular complexity index is 372. The molecule has 1 N–H and O–H groups in total. The van der Waals surface area contributed by atoms with Crippen molar-refractivity contribution in [2.24, 2.45) is 0 Å². The van der Waals surface area contributed by atoms with Crippen LogP contribution in [0.3, 0.4) is 0 Å². The smallest absolute Gasteiger partial charge is 0.0248 e. The molecule has 0 atom stereocenters. The molecule has 0 amide bonds. The van der Waals surface area contributed by atoms with Crippen molar-refractivity contribution in [2.45, 2.75) is 24.3 Å². The number of nitrogens with zero attached hydrogens (tertiary/aromatic N) is 1. The Kier molecular flexibility index (Phi) is 5.13. The van der Waals surface area contributed by atoms with Crippen molar-refractivity contribution in [3.8, 4) is 0 Å². The number of hydrogen-bond donors (Lipinski definition) is 1. The third-order valence-electron chi connectivity index (χ3n) is 3.38. The average Bonchev–Trinajstić information content (AvgIpc) is 2.39. The first kappa shape index (κ1) is 14.4. The minimum Gasteiger partial charge on any atom is -0.314 e. The Morgan fingerprint density at radius 3 is 2.44 bits per heavy atom. The molecule has 0 spiro atoms. The van der Waals surface area contributed by atoms with Gasteiger partial charge in [0.15, 0.2) is 0 Å². The van der Waals surface area contributed by atoms with Crippen molar-refractivity contribution >= 4 is 27.7 Å². The molecule has 2 nitrogen and oxygen atoms in total. The van der Waals surface area contributed by atoms with E-state index in [0.29, 0.717) is 0 Å². The van der Waals surface area contributed by atoms with E-state index in [2.05, 4.69) is 64.3 Å². The third kappa shape index (κ3) is 3.98. The summed E-state index contributed by atoms with van der Waals surface area (Å²) in [4.78, 5) is 3.94. The number of rotatable bonds is 4. The van der Waals surface area contributed by atoms with Gasteiger partial charge in [-0.25, -0.2) is 0 Å². The van der Waals surface area contributed by atoms with Crippen molar-refractivity contribution in [3.63, 3.8) is 0 Å². The summed E-state index contributed by atoms with van der Waals surface area (Å²) in [5, 5.41) is 3.41. The highest BCUT2D eigenvalue weighted by atomic mass is 79.9. The molecule has 1 saturated heterocycles. The van der Waals surface area contributed by atoms with Crippen molar-refractivity contribution < 1.29 is 0 Å². The Morgan fingerprint density at radius 2 is 1.83 bits per heavy atom. The summed E-state index contributed by atoms with van der Waals surface area (Å²) < 4.78 is 1.15. The van der Waals surface area contributed by atoms with E-state index in [1.165, 1.54) is 4.90 Å². The van der Waals surface area contributed by atoms with Crippen LogP contribution in [0.2, 0.25) is 0 Å². The minimum absolute atomic E-state index is 0.264. The lowest BCUT2D eigenvalue weighted by Crippen LogP contribution is -2.54. The quantitative estimate of drug-likeness (QED) is 0.854. The van der Waals surface area contributed by atoms with Crippen LogP contribution in [0.5, 0.6) is 0 Å². The van der Waals surface area contributed by atoms with Crippen LogP contribution in [0.1, 0.15) is 13.8 Å². The lowest BCUT2D eigenvalue weighted by Gasteiger charge is -2.41. The molecule has 18 heavy (non-hydrogen) atoms. The van der Waals surface area contributed by atoms with E-state index in [1.807, 2.05) is 11.8 Å². The van der Waals surface area contributed by atoms with E-state index >= 15 is 0 Å². The zero-order chi connectivity index (χ0) is 13.0. The SMILES string of the molecule is CC(C)(CSc1ccc(Br)cc1)N1CCNCC1. The van der Waals surface area contributed by atoms with Crippen molar-refractivity contribution in [1.29, 1.82) is 0 Å². The highest BCUT2D eigenvalue weighted by Crippen LogP contribution is 2.27. The number of hydrogen-bond acceptors (Lipinski definition) is 3. The number of halogens is 1. The van der Waals surface area contributed by atoms with Gasteiger partial charge in [0.25, 0.3) is 0 Å². The highest BCUT2D eigenvalue weighted by molar-refractivity contribution is 9.10. The Morgan fingerprint density at radius 1 is 1.22 bits per heavy atom. The summed E-state index contributed by atoms with van der Waals surface area (Å²) in [6, 6.07) is 8.59. The molecule has 0 saturated carbocycles. The lowest BCUT2D eigenvalue weighted by molar-refractivity contribution is 0.123. The first-order valence-electron chi connectivity index (χ1n) is 6.42. The second-order valence-corrected chi connectivity index (χ2v) is 7.26. The topological polar surface area (TPSA) is 15.3 Å².